The molecule has 1 heterocycles. The van der Waals surface area contributed by atoms with Gasteiger partial charge in [0.25, 0.3) is 5.91 Å². The largest absolute Gasteiger partial charge is 0.497 e. The Bertz CT molecular complexity index is 1100. The van der Waals surface area contributed by atoms with Gasteiger partial charge in [0.1, 0.15) is 12.1 Å². The lowest BCUT2D eigenvalue weighted by Crippen LogP contribution is -2.29. The molecule has 7 heteroatoms. The summed E-state index contributed by atoms with van der Waals surface area (Å²) < 4.78 is 5.26. The van der Waals surface area contributed by atoms with Gasteiger partial charge in [0.05, 0.1) is 13.2 Å². The number of ether oxygens (including phenoxy) is 1. The summed E-state index contributed by atoms with van der Waals surface area (Å²) in [5.74, 6) is 1.40. The van der Waals surface area contributed by atoms with Crippen molar-refractivity contribution in [3.8, 4) is 5.75 Å². The Morgan fingerprint density at radius 3 is 2.35 bits per heavy atom. The molecule has 6 nitrogen and oxygen atoms in total. The second-order valence-electron chi connectivity index (χ2n) is 6.87. The van der Waals surface area contributed by atoms with E-state index in [1.807, 2.05) is 78.9 Å². The van der Waals surface area contributed by atoms with Crippen LogP contribution in [0.15, 0.2) is 90.3 Å². The van der Waals surface area contributed by atoms with Crippen LogP contribution in [0.2, 0.25) is 0 Å². The van der Waals surface area contributed by atoms with Crippen molar-refractivity contribution < 1.29 is 9.53 Å². The van der Waals surface area contributed by atoms with E-state index in [1.165, 1.54) is 6.33 Å². The van der Waals surface area contributed by atoms with E-state index in [-0.39, 0.29) is 11.9 Å². The van der Waals surface area contributed by atoms with Crippen LogP contribution in [0.4, 0.5) is 0 Å². The summed E-state index contributed by atoms with van der Waals surface area (Å²) >= 11 is 1.56. The van der Waals surface area contributed by atoms with Crippen molar-refractivity contribution in [1.29, 1.82) is 0 Å². The number of benzene rings is 3. The van der Waals surface area contributed by atoms with Gasteiger partial charge in [-0.3, -0.25) is 9.89 Å². The Morgan fingerprint density at radius 1 is 1.00 bits per heavy atom. The number of hydrogen-bond acceptors (Lipinski definition) is 5. The van der Waals surface area contributed by atoms with Gasteiger partial charge >= 0.3 is 0 Å². The van der Waals surface area contributed by atoms with Crippen molar-refractivity contribution in [3.05, 3.63) is 107 Å². The lowest BCUT2D eigenvalue weighted by atomic mass is 9.98. The first-order valence-electron chi connectivity index (χ1n) is 9.80. The highest BCUT2D eigenvalue weighted by Gasteiger charge is 2.18. The van der Waals surface area contributed by atoms with Crippen LogP contribution in [0.3, 0.4) is 0 Å². The molecule has 0 fully saturated rings. The molecule has 0 aliphatic carbocycles. The van der Waals surface area contributed by atoms with Crippen LogP contribution in [-0.4, -0.2) is 28.2 Å². The average molecular weight is 431 g/mol. The molecule has 0 saturated carbocycles. The summed E-state index contributed by atoms with van der Waals surface area (Å²) in [5.41, 5.74) is 3.72. The van der Waals surface area contributed by atoms with Crippen molar-refractivity contribution in [2.24, 2.45) is 0 Å². The minimum Gasteiger partial charge on any atom is -0.497 e. The highest BCUT2D eigenvalue weighted by molar-refractivity contribution is 7.98. The highest BCUT2D eigenvalue weighted by Crippen LogP contribution is 2.25. The van der Waals surface area contributed by atoms with Crippen molar-refractivity contribution in [1.82, 2.24) is 20.5 Å². The van der Waals surface area contributed by atoms with Gasteiger partial charge in [-0.25, -0.2) is 4.98 Å². The quantitative estimate of drug-likeness (QED) is 0.399. The number of nitrogens with zero attached hydrogens (tertiary/aromatic N) is 2. The summed E-state index contributed by atoms with van der Waals surface area (Å²) in [5, 5.41) is 10.6. The molecule has 0 bridgehead atoms. The number of thioether (sulfide) groups is 1. The fourth-order valence-corrected chi connectivity index (χ4v) is 3.92. The van der Waals surface area contributed by atoms with Crippen LogP contribution in [0.1, 0.15) is 33.1 Å². The number of hydrogen-bond donors (Lipinski definition) is 2. The zero-order valence-electron chi connectivity index (χ0n) is 17.0. The topological polar surface area (TPSA) is 79.9 Å². The average Bonchev–Trinajstić information content (AvgIpc) is 3.36. The van der Waals surface area contributed by atoms with E-state index in [0.717, 1.165) is 33.3 Å². The van der Waals surface area contributed by atoms with E-state index in [2.05, 4.69) is 20.5 Å². The van der Waals surface area contributed by atoms with Gasteiger partial charge in [0.15, 0.2) is 5.16 Å². The van der Waals surface area contributed by atoms with Gasteiger partial charge in [-0.2, -0.15) is 5.10 Å². The van der Waals surface area contributed by atoms with Crippen molar-refractivity contribution in [3.63, 3.8) is 0 Å². The zero-order chi connectivity index (χ0) is 21.5. The number of H-pyrrole nitrogens is 1. The van der Waals surface area contributed by atoms with Crippen molar-refractivity contribution in [2.75, 3.05) is 7.11 Å². The smallest absolute Gasteiger partial charge is 0.252 e. The van der Waals surface area contributed by atoms with Crippen LogP contribution >= 0.6 is 11.8 Å². The molecule has 0 aliphatic heterocycles. The summed E-state index contributed by atoms with van der Waals surface area (Å²) in [6.07, 6.45) is 1.49. The zero-order valence-corrected chi connectivity index (χ0v) is 17.8. The minimum atomic E-state index is -0.263. The van der Waals surface area contributed by atoms with Crippen LogP contribution < -0.4 is 10.1 Å². The Kier molecular flexibility index (Phi) is 6.64. The normalized spacial score (nSPS) is 11.6. The Balaban J connectivity index is 1.49. The molecule has 31 heavy (non-hydrogen) atoms. The lowest BCUT2D eigenvalue weighted by molar-refractivity contribution is 0.0943. The Hall–Kier alpha value is -3.58. The third-order valence-corrected chi connectivity index (χ3v) is 5.79. The van der Waals surface area contributed by atoms with Crippen molar-refractivity contribution >= 4 is 17.7 Å². The second-order valence-corrected chi connectivity index (χ2v) is 7.83. The van der Waals surface area contributed by atoms with Crippen LogP contribution in [-0.2, 0) is 5.75 Å². The molecule has 2 N–H and O–H groups in total. The molecule has 0 spiro atoms. The molecule has 1 atom stereocenters. The molecule has 0 unspecified atom stereocenters. The fraction of sp³-hybridized carbons (Fsp3) is 0.125. The fourth-order valence-electron chi connectivity index (χ4n) is 3.18. The van der Waals surface area contributed by atoms with Gasteiger partial charge in [-0.05, 0) is 41.0 Å². The predicted molar refractivity (Wildman–Crippen MR) is 121 cm³/mol. The maximum absolute atomic E-state index is 13.0. The number of amides is 1. The van der Waals surface area contributed by atoms with E-state index < -0.39 is 0 Å². The highest BCUT2D eigenvalue weighted by atomic mass is 32.2. The first-order valence-corrected chi connectivity index (χ1v) is 10.8. The number of methoxy groups -OCH3 is 1. The molecular weight excluding hydrogens is 408 g/mol. The van der Waals surface area contributed by atoms with E-state index >= 15 is 0 Å². The van der Waals surface area contributed by atoms with Gasteiger partial charge in [-0.15, -0.1) is 0 Å². The molecule has 3 aromatic carbocycles. The predicted octanol–water partition coefficient (Wildman–Crippen LogP) is 4.63. The maximum Gasteiger partial charge on any atom is 0.252 e. The van der Waals surface area contributed by atoms with Crippen molar-refractivity contribution in [2.45, 2.75) is 17.0 Å². The number of aromatic amines is 1. The number of aromatic nitrogens is 3. The number of nitrogens with one attached hydrogen (secondary N) is 2. The molecule has 1 amide bonds. The van der Waals surface area contributed by atoms with Gasteiger partial charge in [-0.1, -0.05) is 66.4 Å². The number of carbonyl (C=O) groups is 1. The summed E-state index contributed by atoms with van der Waals surface area (Å²) in [4.78, 5) is 17.1. The van der Waals surface area contributed by atoms with E-state index in [4.69, 9.17) is 4.74 Å². The monoisotopic (exact) mass is 430 g/mol. The summed E-state index contributed by atoms with van der Waals surface area (Å²) in [6.45, 7) is 0. The maximum atomic E-state index is 13.0. The molecule has 0 radical (unpaired) electrons. The summed E-state index contributed by atoms with van der Waals surface area (Å²) in [7, 11) is 1.64. The molecule has 4 rings (SSSR count). The lowest BCUT2D eigenvalue weighted by Gasteiger charge is -2.20. The first-order chi connectivity index (χ1) is 15.2. The van der Waals surface area contributed by atoms with Crippen LogP contribution in [0, 0.1) is 0 Å². The third kappa shape index (κ3) is 5.32. The molecule has 1 aromatic heterocycles. The first kappa shape index (κ1) is 20.7. The van der Waals surface area contributed by atoms with Gasteiger partial charge in [0, 0.05) is 11.3 Å². The number of carbonyl (C=O) groups excluding carboxylic acids is 1. The molecule has 0 aliphatic rings. The Labute approximate surface area is 185 Å². The molecule has 4 aromatic rings. The molecule has 156 valence electrons. The minimum absolute atomic E-state index is 0.126. The molecular formula is C24H22N4O2S. The second kappa shape index (κ2) is 9.95. The standard InChI is InChI=1S/C24H22N4O2S/c1-30-21-13-11-19(12-14-21)22(18-5-3-2-4-6-18)27-23(29)20-9-7-17(8-10-20)15-31-24-25-16-26-28-24/h2-14,16,22H,15H2,1H3,(H,27,29)(H,25,26,28)/t22-/m0/s1. The van der Waals surface area contributed by atoms with E-state index in [0.29, 0.717) is 5.56 Å². The Morgan fingerprint density at radius 2 is 1.71 bits per heavy atom. The summed E-state index contributed by atoms with van der Waals surface area (Å²) in [6, 6.07) is 25.0. The van der Waals surface area contributed by atoms with E-state index in [9.17, 15) is 4.79 Å². The van der Waals surface area contributed by atoms with Gasteiger partial charge in [0.2, 0.25) is 0 Å². The third-order valence-electron chi connectivity index (χ3n) is 4.84. The number of rotatable bonds is 8. The van der Waals surface area contributed by atoms with Crippen LogP contribution in [0.5, 0.6) is 5.75 Å². The van der Waals surface area contributed by atoms with E-state index in [1.54, 1.807) is 18.9 Å². The SMILES string of the molecule is COc1ccc([C@@H](NC(=O)c2ccc(CSc3ncn[nH]3)cc2)c2ccccc2)cc1. The van der Waals surface area contributed by atoms with Gasteiger partial charge < -0.3 is 10.1 Å². The molecule has 0 saturated heterocycles. The van der Waals surface area contributed by atoms with Crippen LogP contribution in [0.25, 0.3) is 0 Å².